The number of phenolic OH excluding ortho intramolecular Hbond substituents is 1. The predicted octanol–water partition coefficient (Wildman–Crippen LogP) is 0.726. The number of anilines is 1. The lowest BCUT2D eigenvalue weighted by Gasteiger charge is -2.34. The fourth-order valence-corrected chi connectivity index (χ4v) is 4.34. The quantitative estimate of drug-likeness (QED) is 0.599. The Morgan fingerprint density at radius 2 is 1.76 bits per heavy atom. The van der Waals surface area contributed by atoms with Crippen molar-refractivity contribution in [3.63, 3.8) is 0 Å². The van der Waals surface area contributed by atoms with Crippen molar-refractivity contribution in [3.8, 4) is 17.0 Å². The fourth-order valence-electron chi connectivity index (χ4n) is 4.34. The van der Waals surface area contributed by atoms with Crippen LogP contribution in [0, 0.1) is 0 Å². The number of piperazine rings is 1. The first-order chi connectivity index (χ1) is 16.5. The van der Waals surface area contributed by atoms with Gasteiger partial charge in [-0.25, -0.2) is 9.67 Å². The summed E-state index contributed by atoms with van der Waals surface area (Å²) in [6.45, 7) is 6.17. The van der Waals surface area contributed by atoms with E-state index in [-0.39, 0.29) is 24.1 Å². The fraction of sp³-hybridized carbons (Fsp3) is 0.435. The number of morpholine rings is 1. The molecule has 3 aromatic rings. The third kappa shape index (κ3) is 4.38. The van der Waals surface area contributed by atoms with E-state index in [9.17, 15) is 14.7 Å². The molecule has 0 saturated carbocycles. The van der Waals surface area contributed by atoms with E-state index in [1.165, 1.54) is 0 Å². The first kappa shape index (κ1) is 22.1. The number of aromatic hydroxyl groups is 1. The molecule has 1 aromatic carbocycles. The number of ether oxygens (including phenoxy) is 1. The van der Waals surface area contributed by atoms with Gasteiger partial charge in [0, 0.05) is 51.8 Å². The first-order valence-corrected chi connectivity index (χ1v) is 11.4. The summed E-state index contributed by atoms with van der Waals surface area (Å²) in [6.07, 6.45) is 1.67. The molecule has 11 heteroatoms. The molecule has 5 rings (SSSR count). The maximum atomic E-state index is 13.0. The minimum absolute atomic E-state index is 0.0250. The van der Waals surface area contributed by atoms with Gasteiger partial charge in [0.2, 0.25) is 17.8 Å². The molecule has 2 aromatic heterocycles. The van der Waals surface area contributed by atoms with Crippen molar-refractivity contribution in [2.75, 3.05) is 57.4 Å². The zero-order valence-electron chi connectivity index (χ0n) is 19.1. The number of hydrogen-bond acceptors (Lipinski definition) is 8. The molecular formula is C23H27N7O4. The summed E-state index contributed by atoms with van der Waals surface area (Å²) in [5, 5.41) is 15.2. The summed E-state index contributed by atoms with van der Waals surface area (Å²) in [4.78, 5) is 39.7. The lowest BCUT2D eigenvalue weighted by atomic mass is 10.1. The molecule has 2 aliphatic heterocycles. The Morgan fingerprint density at radius 1 is 1.03 bits per heavy atom. The molecule has 34 heavy (non-hydrogen) atoms. The van der Waals surface area contributed by atoms with Gasteiger partial charge in [-0.2, -0.15) is 10.1 Å². The van der Waals surface area contributed by atoms with E-state index in [0.29, 0.717) is 75.2 Å². The van der Waals surface area contributed by atoms with E-state index >= 15 is 0 Å². The van der Waals surface area contributed by atoms with Crippen LogP contribution in [0.5, 0.6) is 5.75 Å². The lowest BCUT2D eigenvalue weighted by Crippen LogP contribution is -2.50. The van der Waals surface area contributed by atoms with Gasteiger partial charge in [-0.3, -0.25) is 9.59 Å². The van der Waals surface area contributed by atoms with E-state index in [0.717, 1.165) is 5.56 Å². The lowest BCUT2D eigenvalue weighted by molar-refractivity contribution is -0.138. The number of hydrogen-bond donors (Lipinski definition) is 1. The second kappa shape index (κ2) is 9.26. The molecule has 2 aliphatic rings. The number of carbonyl (C=O) groups is 2. The largest absolute Gasteiger partial charge is 0.508 e. The molecule has 2 amide bonds. The Bertz CT molecular complexity index is 1210. The van der Waals surface area contributed by atoms with Gasteiger partial charge in [-0.15, -0.1) is 0 Å². The number of fused-ring (bicyclic) bond motifs is 1. The minimum atomic E-state index is -0.0707. The van der Waals surface area contributed by atoms with Crippen LogP contribution in [0.2, 0.25) is 0 Å². The van der Waals surface area contributed by atoms with Crippen molar-refractivity contribution >= 4 is 28.8 Å². The molecule has 0 radical (unpaired) electrons. The van der Waals surface area contributed by atoms with Crippen LogP contribution in [0.4, 0.5) is 5.95 Å². The summed E-state index contributed by atoms with van der Waals surface area (Å²) in [7, 11) is 0. The van der Waals surface area contributed by atoms with Crippen LogP contribution < -0.4 is 4.90 Å². The Hall–Kier alpha value is -3.73. The maximum absolute atomic E-state index is 13.0. The Morgan fingerprint density at radius 3 is 2.47 bits per heavy atom. The van der Waals surface area contributed by atoms with E-state index in [4.69, 9.17) is 14.7 Å². The van der Waals surface area contributed by atoms with E-state index in [1.807, 2.05) is 6.07 Å². The summed E-state index contributed by atoms with van der Waals surface area (Å²) >= 11 is 0. The first-order valence-electron chi connectivity index (χ1n) is 11.4. The molecular weight excluding hydrogens is 438 g/mol. The molecule has 2 fully saturated rings. The van der Waals surface area contributed by atoms with Gasteiger partial charge in [0.25, 0.3) is 0 Å². The molecule has 0 aliphatic carbocycles. The molecule has 0 spiro atoms. The van der Waals surface area contributed by atoms with E-state index in [1.54, 1.807) is 45.8 Å². The van der Waals surface area contributed by atoms with Crippen molar-refractivity contribution in [3.05, 3.63) is 30.5 Å². The summed E-state index contributed by atoms with van der Waals surface area (Å²) in [6, 6.07) is 6.91. The zero-order chi connectivity index (χ0) is 23.7. The standard InChI is InChI=1S/C23H27N7O4/c1-16(31)27-5-7-28(8-6-27)20(33)15-30-22-19(14-24-30)21(17-3-2-4-18(32)13-17)25-23(26-22)29-9-11-34-12-10-29/h2-4,13-14,32H,5-12,15H2,1H3. The normalized spacial score (nSPS) is 16.8. The Labute approximate surface area is 196 Å². The van der Waals surface area contributed by atoms with Crippen LogP contribution in [-0.4, -0.2) is 99.0 Å². The third-order valence-electron chi connectivity index (χ3n) is 6.26. The number of benzene rings is 1. The van der Waals surface area contributed by atoms with Crippen LogP contribution in [-0.2, 0) is 20.9 Å². The van der Waals surface area contributed by atoms with Crippen LogP contribution in [0.3, 0.4) is 0 Å². The average molecular weight is 466 g/mol. The highest BCUT2D eigenvalue weighted by atomic mass is 16.5. The van der Waals surface area contributed by atoms with Gasteiger partial charge in [0.15, 0.2) is 5.65 Å². The third-order valence-corrected chi connectivity index (χ3v) is 6.26. The van der Waals surface area contributed by atoms with E-state index in [2.05, 4.69) is 10.00 Å². The van der Waals surface area contributed by atoms with Crippen molar-refractivity contribution in [1.82, 2.24) is 29.5 Å². The second-order valence-electron chi connectivity index (χ2n) is 8.45. The van der Waals surface area contributed by atoms with Crippen molar-refractivity contribution in [2.45, 2.75) is 13.5 Å². The van der Waals surface area contributed by atoms with Crippen LogP contribution in [0.15, 0.2) is 30.5 Å². The van der Waals surface area contributed by atoms with E-state index < -0.39 is 0 Å². The van der Waals surface area contributed by atoms with Crippen LogP contribution >= 0.6 is 0 Å². The molecule has 11 nitrogen and oxygen atoms in total. The SMILES string of the molecule is CC(=O)N1CCN(C(=O)Cn2ncc3c(-c4cccc(O)c4)nc(N4CCOCC4)nc32)CC1. The summed E-state index contributed by atoms with van der Waals surface area (Å²) in [5.74, 6) is 0.638. The number of carbonyl (C=O) groups excluding carboxylic acids is 2. The predicted molar refractivity (Wildman–Crippen MR) is 124 cm³/mol. The van der Waals surface area contributed by atoms with Gasteiger partial charge in [-0.05, 0) is 12.1 Å². The number of aromatic nitrogens is 4. The highest BCUT2D eigenvalue weighted by Gasteiger charge is 2.25. The van der Waals surface area contributed by atoms with Gasteiger partial charge in [0.1, 0.15) is 12.3 Å². The van der Waals surface area contributed by atoms with Crippen LogP contribution in [0.1, 0.15) is 6.92 Å². The number of amides is 2. The Balaban J connectivity index is 1.47. The molecule has 178 valence electrons. The molecule has 2 saturated heterocycles. The number of nitrogens with zero attached hydrogens (tertiary/aromatic N) is 7. The minimum Gasteiger partial charge on any atom is -0.508 e. The Kier molecular flexibility index (Phi) is 6.01. The summed E-state index contributed by atoms with van der Waals surface area (Å²) < 4.78 is 7.07. The second-order valence-corrected chi connectivity index (χ2v) is 8.45. The number of phenols is 1. The van der Waals surface area contributed by atoms with Gasteiger partial charge in [-0.1, -0.05) is 12.1 Å². The molecule has 4 heterocycles. The molecule has 1 N–H and O–H groups in total. The van der Waals surface area contributed by atoms with Crippen molar-refractivity contribution in [1.29, 1.82) is 0 Å². The average Bonchev–Trinajstić information content (AvgIpc) is 3.26. The van der Waals surface area contributed by atoms with Crippen LogP contribution in [0.25, 0.3) is 22.3 Å². The molecule has 0 unspecified atom stereocenters. The topological polar surface area (TPSA) is 117 Å². The smallest absolute Gasteiger partial charge is 0.244 e. The highest BCUT2D eigenvalue weighted by molar-refractivity contribution is 5.92. The number of rotatable bonds is 4. The highest BCUT2D eigenvalue weighted by Crippen LogP contribution is 2.30. The zero-order valence-corrected chi connectivity index (χ0v) is 19.1. The van der Waals surface area contributed by atoms with Crippen molar-refractivity contribution < 1.29 is 19.4 Å². The molecule has 0 atom stereocenters. The van der Waals surface area contributed by atoms with Gasteiger partial charge >= 0.3 is 0 Å². The summed E-state index contributed by atoms with van der Waals surface area (Å²) in [5.41, 5.74) is 1.95. The monoisotopic (exact) mass is 465 g/mol. The van der Waals surface area contributed by atoms with Crippen molar-refractivity contribution in [2.24, 2.45) is 0 Å². The molecule has 0 bridgehead atoms. The van der Waals surface area contributed by atoms with Gasteiger partial charge in [0.05, 0.1) is 30.5 Å². The maximum Gasteiger partial charge on any atom is 0.244 e. The van der Waals surface area contributed by atoms with Gasteiger partial charge < -0.3 is 24.5 Å².